The van der Waals surface area contributed by atoms with Crippen LogP contribution < -0.4 is 16.0 Å². The quantitative estimate of drug-likeness (QED) is 0.0904. The number of aromatic nitrogens is 3. The predicted octanol–water partition coefficient (Wildman–Crippen LogP) is -0.619. The van der Waals surface area contributed by atoms with Gasteiger partial charge in [0.05, 0.1) is 46.5 Å². The van der Waals surface area contributed by atoms with Gasteiger partial charge in [-0.05, 0) is 49.2 Å². The van der Waals surface area contributed by atoms with Gasteiger partial charge in [0, 0.05) is 71.1 Å². The minimum atomic E-state index is -1.05. The molecule has 3 rings (SSSR count). The Morgan fingerprint density at radius 3 is 1.34 bits per heavy atom. The van der Waals surface area contributed by atoms with Gasteiger partial charge in [-0.1, -0.05) is 0 Å². The summed E-state index contributed by atoms with van der Waals surface area (Å²) in [6.07, 6.45) is 4.28. The average molecular weight is 610 g/mol. The lowest BCUT2D eigenvalue weighted by Gasteiger charge is -2.21. The van der Waals surface area contributed by atoms with Gasteiger partial charge in [0.25, 0.3) is 17.7 Å². The number of hydrogen-bond acceptors (Lipinski definition) is 11. The molecule has 3 heterocycles. The number of aliphatic hydroxyl groups excluding tert-OH is 4. The van der Waals surface area contributed by atoms with Crippen molar-refractivity contribution in [2.75, 3.05) is 39.5 Å². The summed E-state index contributed by atoms with van der Waals surface area (Å²) in [6, 6.07) is 10.2. The van der Waals surface area contributed by atoms with Gasteiger partial charge >= 0.3 is 0 Å². The lowest BCUT2D eigenvalue weighted by molar-refractivity contribution is 0.0801. The summed E-state index contributed by atoms with van der Waals surface area (Å²) in [5.41, 5.74) is 3.14. The van der Waals surface area contributed by atoms with Crippen LogP contribution in [0.3, 0.4) is 0 Å². The van der Waals surface area contributed by atoms with Gasteiger partial charge in [-0.15, -0.1) is 0 Å². The van der Waals surface area contributed by atoms with Crippen molar-refractivity contribution >= 4 is 17.7 Å². The first-order chi connectivity index (χ1) is 21.3. The normalized spacial score (nSPS) is 11.7. The van der Waals surface area contributed by atoms with Gasteiger partial charge in [-0.25, -0.2) is 0 Å². The maximum Gasteiger partial charge on any atom is 0.252 e. The van der Waals surface area contributed by atoms with Crippen molar-refractivity contribution in [1.82, 2.24) is 35.8 Å². The Bertz CT molecular complexity index is 1260. The van der Waals surface area contributed by atoms with E-state index >= 15 is 0 Å². The summed E-state index contributed by atoms with van der Waals surface area (Å²) in [4.78, 5) is 52.3. The third-order valence-electron chi connectivity index (χ3n) is 6.37. The molecule has 0 aliphatic heterocycles. The van der Waals surface area contributed by atoms with Crippen LogP contribution in [0.5, 0.6) is 0 Å². The van der Waals surface area contributed by atoms with E-state index in [0.29, 0.717) is 79.3 Å². The lowest BCUT2D eigenvalue weighted by atomic mass is 10.2. The van der Waals surface area contributed by atoms with Crippen LogP contribution in [0.15, 0.2) is 55.0 Å². The van der Waals surface area contributed by atoms with Crippen LogP contribution in [0.1, 0.15) is 61.0 Å². The van der Waals surface area contributed by atoms with Gasteiger partial charge in [-0.2, -0.15) is 0 Å². The molecule has 0 bridgehead atoms. The highest BCUT2D eigenvalue weighted by atomic mass is 16.3. The van der Waals surface area contributed by atoms with Crippen molar-refractivity contribution in [3.63, 3.8) is 0 Å². The molecule has 0 radical (unpaired) electrons. The standard InChI is InChI=1S/C30H39N7O7/c38-11-1-9-31-28(42)21-3-6-24(33-13-21)17-37(18-25-7-4-22(14-34-25)29(43)32-10-2-12-39)19-26-8-5-23(15-35-26)30(44)36-16-27(41)20-40/h3-8,13-15,27,38-41H,1-2,9-12,16-20H2,(H,31,42)(H,32,43)(H,36,44)/t27-/m0/s1. The van der Waals surface area contributed by atoms with Crippen LogP contribution in [-0.2, 0) is 19.6 Å². The molecule has 3 aromatic rings. The molecule has 44 heavy (non-hydrogen) atoms. The molecule has 0 unspecified atom stereocenters. The van der Waals surface area contributed by atoms with Crippen molar-refractivity contribution in [2.45, 2.75) is 38.6 Å². The molecule has 0 aliphatic rings. The van der Waals surface area contributed by atoms with Crippen molar-refractivity contribution in [3.05, 3.63) is 88.8 Å². The molecule has 0 fully saturated rings. The van der Waals surface area contributed by atoms with Crippen molar-refractivity contribution in [3.8, 4) is 0 Å². The predicted molar refractivity (Wildman–Crippen MR) is 159 cm³/mol. The molecule has 7 N–H and O–H groups in total. The highest BCUT2D eigenvalue weighted by Crippen LogP contribution is 2.13. The van der Waals surface area contributed by atoms with Crippen LogP contribution in [0.25, 0.3) is 0 Å². The lowest BCUT2D eigenvalue weighted by Crippen LogP contribution is -2.34. The van der Waals surface area contributed by atoms with Crippen LogP contribution >= 0.6 is 0 Å². The maximum absolute atomic E-state index is 12.3. The monoisotopic (exact) mass is 609 g/mol. The number of nitrogens with zero attached hydrogens (tertiary/aromatic N) is 4. The molecule has 0 saturated carbocycles. The van der Waals surface area contributed by atoms with Crippen molar-refractivity contribution in [2.24, 2.45) is 0 Å². The van der Waals surface area contributed by atoms with E-state index < -0.39 is 18.6 Å². The van der Waals surface area contributed by atoms with Crippen LogP contribution in [0.4, 0.5) is 0 Å². The first kappa shape index (κ1) is 34.2. The summed E-state index contributed by atoms with van der Waals surface area (Å²) in [7, 11) is 0. The Balaban J connectivity index is 1.72. The first-order valence-electron chi connectivity index (χ1n) is 14.2. The number of carbonyl (C=O) groups excluding carboxylic acids is 3. The summed E-state index contributed by atoms with van der Waals surface area (Å²) >= 11 is 0. The SMILES string of the molecule is O=C(NCCCO)c1ccc(CN(Cc2ccc(C(=O)NCCCO)cn2)Cc2ccc(C(=O)NC[C@H](O)CO)cn2)nc1. The number of hydrogen-bond donors (Lipinski definition) is 7. The number of rotatable bonds is 18. The molecule has 236 valence electrons. The zero-order valence-electron chi connectivity index (χ0n) is 24.4. The molecular weight excluding hydrogens is 570 g/mol. The molecule has 14 heteroatoms. The Morgan fingerprint density at radius 2 is 1.02 bits per heavy atom. The fraction of sp³-hybridized carbons (Fsp3) is 0.400. The van der Waals surface area contributed by atoms with E-state index in [1.165, 1.54) is 18.6 Å². The van der Waals surface area contributed by atoms with E-state index in [4.69, 9.17) is 15.3 Å². The summed E-state index contributed by atoms with van der Waals surface area (Å²) in [5, 5.41) is 44.2. The summed E-state index contributed by atoms with van der Waals surface area (Å²) < 4.78 is 0. The van der Waals surface area contributed by atoms with Gasteiger partial charge in [0.2, 0.25) is 0 Å². The molecule has 0 spiro atoms. The van der Waals surface area contributed by atoms with Crippen molar-refractivity contribution < 1.29 is 34.8 Å². The number of aliphatic hydroxyl groups is 4. The molecule has 1 atom stereocenters. The van der Waals surface area contributed by atoms with E-state index in [1.807, 2.05) is 4.90 Å². The Kier molecular flexibility index (Phi) is 14.2. The number of pyridine rings is 3. The topological polar surface area (TPSA) is 210 Å². The van der Waals surface area contributed by atoms with Gasteiger partial charge in [0.15, 0.2) is 0 Å². The van der Waals surface area contributed by atoms with Crippen LogP contribution in [0.2, 0.25) is 0 Å². The highest BCUT2D eigenvalue weighted by molar-refractivity contribution is 5.94. The zero-order chi connectivity index (χ0) is 31.7. The number of amides is 3. The van der Waals surface area contributed by atoms with E-state index in [2.05, 4.69) is 30.9 Å². The molecule has 3 aromatic heterocycles. The maximum atomic E-state index is 12.3. The minimum absolute atomic E-state index is 0.0117. The van der Waals surface area contributed by atoms with E-state index in [-0.39, 0.29) is 31.6 Å². The molecular formula is C30H39N7O7. The summed E-state index contributed by atoms with van der Waals surface area (Å²) in [6.45, 7) is 1.26. The summed E-state index contributed by atoms with van der Waals surface area (Å²) in [5.74, 6) is -0.987. The first-order valence-corrected chi connectivity index (χ1v) is 14.2. The molecule has 3 amide bonds. The largest absolute Gasteiger partial charge is 0.396 e. The third kappa shape index (κ3) is 11.4. The number of nitrogens with one attached hydrogen (secondary N) is 3. The Morgan fingerprint density at radius 1 is 0.636 bits per heavy atom. The second-order valence-electron chi connectivity index (χ2n) is 9.97. The van der Waals surface area contributed by atoms with Gasteiger partial charge < -0.3 is 36.4 Å². The van der Waals surface area contributed by atoms with E-state index in [0.717, 1.165) is 0 Å². The number of carbonyl (C=O) groups is 3. The molecule has 0 aromatic carbocycles. The fourth-order valence-electron chi connectivity index (χ4n) is 3.96. The van der Waals surface area contributed by atoms with Gasteiger partial charge in [-0.3, -0.25) is 34.2 Å². The Labute approximate surface area is 255 Å². The van der Waals surface area contributed by atoms with E-state index in [9.17, 15) is 19.5 Å². The third-order valence-corrected chi connectivity index (χ3v) is 6.37. The second kappa shape index (κ2) is 18.4. The van der Waals surface area contributed by atoms with Crippen LogP contribution in [-0.4, -0.2) is 104 Å². The van der Waals surface area contributed by atoms with E-state index in [1.54, 1.807) is 36.4 Å². The minimum Gasteiger partial charge on any atom is -0.396 e. The van der Waals surface area contributed by atoms with Crippen LogP contribution in [0, 0.1) is 0 Å². The highest BCUT2D eigenvalue weighted by Gasteiger charge is 2.15. The molecule has 14 nitrogen and oxygen atoms in total. The van der Waals surface area contributed by atoms with Gasteiger partial charge in [0.1, 0.15) is 0 Å². The molecule has 0 saturated heterocycles. The molecule has 0 aliphatic carbocycles. The second-order valence-corrected chi connectivity index (χ2v) is 9.97. The fourth-order valence-corrected chi connectivity index (χ4v) is 3.96. The van der Waals surface area contributed by atoms with Crippen molar-refractivity contribution in [1.29, 1.82) is 0 Å². The Hall–Kier alpha value is -4.34. The average Bonchev–Trinajstić information content (AvgIpc) is 3.04. The smallest absolute Gasteiger partial charge is 0.252 e. The zero-order valence-corrected chi connectivity index (χ0v) is 24.4.